The third kappa shape index (κ3) is 1.40. The number of benzene rings is 1. The predicted molar refractivity (Wildman–Crippen MR) is 65.3 cm³/mol. The zero-order valence-corrected chi connectivity index (χ0v) is 10.1. The monoisotopic (exact) mass is 216 g/mol. The van der Waals surface area contributed by atoms with E-state index in [2.05, 4.69) is 4.90 Å². The topological polar surface area (TPSA) is 23.6 Å². The molecule has 3 nitrogen and oxygen atoms in total. The van der Waals surface area contributed by atoms with Crippen molar-refractivity contribution in [3.8, 4) is 0 Å². The summed E-state index contributed by atoms with van der Waals surface area (Å²) in [6.45, 7) is 4.00. The van der Waals surface area contributed by atoms with Crippen molar-refractivity contribution in [3.05, 3.63) is 41.2 Å². The van der Waals surface area contributed by atoms with E-state index in [1.54, 1.807) is 4.90 Å². The summed E-state index contributed by atoms with van der Waals surface area (Å²) in [4.78, 5) is 16.0. The molecule has 0 bridgehead atoms. The molecular weight excluding hydrogens is 200 g/mol. The van der Waals surface area contributed by atoms with E-state index < -0.39 is 0 Å². The molecule has 0 fully saturated rings. The first-order valence-electron chi connectivity index (χ1n) is 5.32. The van der Waals surface area contributed by atoms with E-state index in [1.165, 1.54) is 0 Å². The highest BCUT2D eigenvalue weighted by Crippen LogP contribution is 2.29. The van der Waals surface area contributed by atoms with Crippen molar-refractivity contribution in [3.63, 3.8) is 0 Å². The molecule has 0 radical (unpaired) electrons. The highest BCUT2D eigenvalue weighted by molar-refractivity contribution is 6.01. The Bertz CT molecular complexity index is 477. The van der Waals surface area contributed by atoms with Crippen LogP contribution >= 0.6 is 0 Å². The van der Waals surface area contributed by atoms with Crippen molar-refractivity contribution in [1.29, 1.82) is 0 Å². The van der Waals surface area contributed by atoms with Crippen molar-refractivity contribution in [2.24, 2.45) is 0 Å². The van der Waals surface area contributed by atoms with Gasteiger partial charge in [-0.1, -0.05) is 12.1 Å². The second-order valence-electron chi connectivity index (χ2n) is 4.11. The number of para-hydroxylation sites is 1. The van der Waals surface area contributed by atoms with Crippen LogP contribution in [0.5, 0.6) is 0 Å². The summed E-state index contributed by atoms with van der Waals surface area (Å²) in [6.07, 6.45) is 0. The van der Waals surface area contributed by atoms with Crippen molar-refractivity contribution >= 4 is 11.6 Å². The Balaban J connectivity index is 2.68. The Hall–Kier alpha value is -1.77. The lowest BCUT2D eigenvalue weighted by atomic mass is 10.1. The fraction of sp³-hybridized carbons (Fsp3) is 0.308. The first kappa shape index (κ1) is 10.7. The standard InChI is InChI=1S/C13H16N2O/c1-9-10(2)15(4)13(16)11-7-5-6-8-12(11)14(9)3/h5-8H,1-4H3. The summed E-state index contributed by atoms with van der Waals surface area (Å²) in [5.74, 6) is 0.0526. The maximum Gasteiger partial charge on any atom is 0.259 e. The number of carbonyl (C=O) groups excluding carboxylic acids is 1. The molecule has 0 spiro atoms. The Morgan fingerprint density at radius 1 is 0.938 bits per heavy atom. The number of hydrogen-bond donors (Lipinski definition) is 0. The number of allylic oxidation sites excluding steroid dienone is 2. The third-order valence-electron chi connectivity index (χ3n) is 3.33. The molecule has 0 saturated heterocycles. The Morgan fingerprint density at radius 3 is 2.19 bits per heavy atom. The molecule has 0 N–H and O–H groups in total. The van der Waals surface area contributed by atoms with E-state index in [-0.39, 0.29) is 5.91 Å². The number of fused-ring (bicyclic) bond motifs is 1. The Kier molecular flexibility index (Phi) is 2.46. The second kappa shape index (κ2) is 3.67. The molecule has 1 aromatic rings. The van der Waals surface area contributed by atoms with Gasteiger partial charge in [0.1, 0.15) is 0 Å². The van der Waals surface area contributed by atoms with Crippen LogP contribution in [-0.4, -0.2) is 24.9 Å². The largest absolute Gasteiger partial charge is 0.346 e. The lowest BCUT2D eigenvalue weighted by Crippen LogP contribution is -2.24. The van der Waals surface area contributed by atoms with E-state index in [4.69, 9.17) is 0 Å². The molecule has 0 aliphatic carbocycles. The van der Waals surface area contributed by atoms with Gasteiger partial charge in [-0.15, -0.1) is 0 Å². The summed E-state index contributed by atoms with van der Waals surface area (Å²) in [5, 5.41) is 0. The average Bonchev–Trinajstić information content (AvgIpc) is 2.38. The Morgan fingerprint density at radius 2 is 1.50 bits per heavy atom. The number of hydrogen-bond acceptors (Lipinski definition) is 2. The maximum absolute atomic E-state index is 12.2. The second-order valence-corrected chi connectivity index (χ2v) is 4.11. The van der Waals surface area contributed by atoms with E-state index >= 15 is 0 Å². The molecule has 1 amide bonds. The minimum absolute atomic E-state index is 0.0526. The van der Waals surface area contributed by atoms with Crippen LogP contribution < -0.4 is 4.90 Å². The van der Waals surface area contributed by atoms with Crippen LogP contribution in [0.25, 0.3) is 0 Å². The molecule has 0 saturated carbocycles. The van der Waals surface area contributed by atoms with Gasteiger partial charge in [0, 0.05) is 25.5 Å². The first-order valence-corrected chi connectivity index (χ1v) is 5.32. The van der Waals surface area contributed by atoms with Crippen LogP contribution in [0.4, 0.5) is 5.69 Å². The van der Waals surface area contributed by atoms with Gasteiger partial charge in [0.05, 0.1) is 11.3 Å². The van der Waals surface area contributed by atoms with E-state index in [0.717, 1.165) is 22.6 Å². The summed E-state index contributed by atoms with van der Waals surface area (Å²) in [5.41, 5.74) is 3.81. The van der Waals surface area contributed by atoms with Gasteiger partial charge in [0.25, 0.3) is 5.91 Å². The van der Waals surface area contributed by atoms with Crippen LogP contribution in [0.2, 0.25) is 0 Å². The number of nitrogens with zero attached hydrogens (tertiary/aromatic N) is 2. The number of amides is 1. The summed E-state index contributed by atoms with van der Waals surface area (Å²) in [6, 6.07) is 7.70. The molecule has 1 aromatic carbocycles. The molecule has 84 valence electrons. The van der Waals surface area contributed by atoms with E-state index in [1.807, 2.05) is 52.2 Å². The average molecular weight is 216 g/mol. The van der Waals surface area contributed by atoms with Gasteiger partial charge in [-0.3, -0.25) is 4.79 Å². The van der Waals surface area contributed by atoms with Gasteiger partial charge in [-0.05, 0) is 26.0 Å². The van der Waals surface area contributed by atoms with Crippen LogP contribution in [0.15, 0.2) is 35.7 Å². The highest BCUT2D eigenvalue weighted by atomic mass is 16.2. The lowest BCUT2D eigenvalue weighted by molar-refractivity contribution is 0.0838. The van der Waals surface area contributed by atoms with Crippen molar-refractivity contribution in [2.45, 2.75) is 13.8 Å². The molecule has 1 aliphatic heterocycles. The van der Waals surface area contributed by atoms with Crippen LogP contribution in [0.1, 0.15) is 24.2 Å². The van der Waals surface area contributed by atoms with Crippen LogP contribution in [0, 0.1) is 0 Å². The van der Waals surface area contributed by atoms with Gasteiger partial charge in [-0.2, -0.15) is 0 Å². The molecule has 1 heterocycles. The zero-order chi connectivity index (χ0) is 11.9. The van der Waals surface area contributed by atoms with E-state index in [0.29, 0.717) is 0 Å². The quantitative estimate of drug-likeness (QED) is 0.665. The minimum Gasteiger partial charge on any atom is -0.346 e. The van der Waals surface area contributed by atoms with Gasteiger partial charge < -0.3 is 9.80 Å². The number of rotatable bonds is 0. The van der Waals surface area contributed by atoms with Gasteiger partial charge in [0.2, 0.25) is 0 Å². The predicted octanol–water partition coefficient (Wildman–Crippen LogP) is 2.46. The smallest absolute Gasteiger partial charge is 0.259 e. The molecule has 0 atom stereocenters. The Labute approximate surface area is 96.0 Å². The molecule has 3 heteroatoms. The summed E-state index contributed by atoms with van der Waals surface area (Å²) < 4.78 is 0. The molecule has 0 unspecified atom stereocenters. The zero-order valence-electron chi connectivity index (χ0n) is 10.1. The van der Waals surface area contributed by atoms with E-state index in [9.17, 15) is 4.79 Å². The number of carbonyl (C=O) groups is 1. The van der Waals surface area contributed by atoms with Crippen LogP contribution in [-0.2, 0) is 0 Å². The molecule has 1 aliphatic rings. The van der Waals surface area contributed by atoms with Crippen molar-refractivity contribution in [2.75, 3.05) is 19.0 Å². The minimum atomic E-state index is 0.0526. The maximum atomic E-state index is 12.2. The summed E-state index contributed by atoms with van der Waals surface area (Å²) in [7, 11) is 3.81. The van der Waals surface area contributed by atoms with Gasteiger partial charge >= 0.3 is 0 Å². The molecule has 16 heavy (non-hydrogen) atoms. The van der Waals surface area contributed by atoms with Crippen molar-refractivity contribution in [1.82, 2.24) is 4.90 Å². The lowest BCUT2D eigenvalue weighted by Gasteiger charge is -2.21. The molecule has 2 rings (SSSR count). The molecular formula is C13H16N2O. The van der Waals surface area contributed by atoms with Gasteiger partial charge in [-0.25, -0.2) is 0 Å². The van der Waals surface area contributed by atoms with Crippen LogP contribution in [0.3, 0.4) is 0 Å². The molecule has 0 aromatic heterocycles. The SMILES string of the molecule is CC1=C(C)N(C)c2ccccc2C(=O)N1C. The fourth-order valence-electron chi connectivity index (χ4n) is 1.95. The highest BCUT2D eigenvalue weighted by Gasteiger charge is 2.24. The third-order valence-corrected chi connectivity index (χ3v) is 3.33. The normalized spacial score (nSPS) is 16.4. The van der Waals surface area contributed by atoms with Gasteiger partial charge in [0.15, 0.2) is 0 Å². The fourth-order valence-corrected chi connectivity index (χ4v) is 1.95. The number of anilines is 1. The first-order chi connectivity index (χ1) is 7.54. The van der Waals surface area contributed by atoms with Crippen molar-refractivity contribution < 1.29 is 4.79 Å². The summed E-state index contributed by atoms with van der Waals surface area (Å²) >= 11 is 0.